The number of nitrogens with zero attached hydrogens (tertiary/aromatic N) is 4. The number of pyridine rings is 1. The van der Waals surface area contributed by atoms with Crippen LogP contribution < -0.4 is 0 Å². The molecular weight excluding hydrogens is 236 g/mol. The van der Waals surface area contributed by atoms with Crippen molar-refractivity contribution in [3.63, 3.8) is 0 Å². The molecule has 0 saturated carbocycles. The van der Waals surface area contributed by atoms with Crippen molar-refractivity contribution in [3.8, 4) is 0 Å². The summed E-state index contributed by atoms with van der Waals surface area (Å²) in [6, 6.07) is 1.95. The van der Waals surface area contributed by atoms with Crippen LogP contribution in [0, 0.1) is 0 Å². The number of likely N-dealkylation sites (N-methyl/N-ethyl adjacent to an activating group) is 1. The second-order valence-electron chi connectivity index (χ2n) is 4.30. The zero-order valence-electron chi connectivity index (χ0n) is 9.60. The van der Waals surface area contributed by atoms with E-state index in [2.05, 4.69) is 28.1 Å². The van der Waals surface area contributed by atoms with E-state index >= 15 is 0 Å². The van der Waals surface area contributed by atoms with Crippen LogP contribution in [0.25, 0.3) is 16.6 Å². The van der Waals surface area contributed by atoms with Crippen LogP contribution >= 0.6 is 11.6 Å². The van der Waals surface area contributed by atoms with E-state index in [4.69, 9.17) is 11.6 Å². The Morgan fingerprint density at radius 2 is 2.29 bits per heavy atom. The highest BCUT2D eigenvalue weighted by Crippen LogP contribution is 2.26. The monoisotopic (exact) mass is 248 g/mol. The first-order chi connectivity index (χ1) is 8.25. The molecule has 5 heteroatoms. The number of hydrogen-bond acceptors (Lipinski definition) is 3. The van der Waals surface area contributed by atoms with Gasteiger partial charge < -0.3 is 4.90 Å². The summed E-state index contributed by atoms with van der Waals surface area (Å²) in [5, 5.41) is 5.83. The molecule has 2 aromatic heterocycles. The molecule has 3 rings (SSSR count). The van der Waals surface area contributed by atoms with E-state index in [1.165, 1.54) is 5.70 Å². The van der Waals surface area contributed by atoms with Crippen LogP contribution in [0.2, 0.25) is 5.15 Å². The molecule has 3 heterocycles. The van der Waals surface area contributed by atoms with E-state index in [1.807, 2.05) is 10.7 Å². The first kappa shape index (κ1) is 10.7. The predicted octanol–water partition coefficient (Wildman–Crippen LogP) is 2.26. The van der Waals surface area contributed by atoms with Crippen molar-refractivity contribution in [2.75, 3.05) is 20.1 Å². The fraction of sp³-hybridized carbons (Fsp3) is 0.333. The molecule has 0 aliphatic carbocycles. The van der Waals surface area contributed by atoms with E-state index in [1.54, 1.807) is 12.4 Å². The van der Waals surface area contributed by atoms with Gasteiger partial charge in [-0.2, -0.15) is 5.10 Å². The van der Waals surface area contributed by atoms with Gasteiger partial charge in [0.15, 0.2) is 5.15 Å². The van der Waals surface area contributed by atoms with Crippen LogP contribution in [0.15, 0.2) is 24.5 Å². The maximum Gasteiger partial charge on any atom is 0.160 e. The van der Waals surface area contributed by atoms with Crippen molar-refractivity contribution in [1.82, 2.24) is 19.7 Å². The lowest BCUT2D eigenvalue weighted by atomic mass is 10.2. The molecule has 0 unspecified atom stereocenters. The first-order valence-electron chi connectivity index (χ1n) is 5.62. The van der Waals surface area contributed by atoms with E-state index in [9.17, 15) is 0 Å². The van der Waals surface area contributed by atoms with E-state index in [0.29, 0.717) is 5.15 Å². The molecule has 1 aliphatic rings. The van der Waals surface area contributed by atoms with Crippen LogP contribution in [-0.4, -0.2) is 39.8 Å². The molecule has 1 aliphatic heterocycles. The van der Waals surface area contributed by atoms with Gasteiger partial charge in [-0.1, -0.05) is 11.6 Å². The maximum absolute atomic E-state index is 6.12. The smallest absolute Gasteiger partial charge is 0.160 e. The van der Waals surface area contributed by atoms with Gasteiger partial charge in [0.25, 0.3) is 0 Å². The number of rotatable bonds is 1. The van der Waals surface area contributed by atoms with Gasteiger partial charge in [0.05, 0.1) is 10.9 Å². The summed E-state index contributed by atoms with van der Waals surface area (Å²) in [7, 11) is 2.12. The molecule has 0 atom stereocenters. The van der Waals surface area contributed by atoms with Crippen molar-refractivity contribution in [3.05, 3.63) is 29.7 Å². The molecule has 0 amide bonds. The highest BCUT2D eigenvalue weighted by atomic mass is 35.5. The Bertz CT molecular complexity index is 587. The quantitative estimate of drug-likeness (QED) is 0.776. The topological polar surface area (TPSA) is 34.0 Å². The van der Waals surface area contributed by atoms with Crippen molar-refractivity contribution in [2.45, 2.75) is 6.42 Å². The Hall–Kier alpha value is -1.39. The third kappa shape index (κ3) is 1.83. The van der Waals surface area contributed by atoms with Crippen LogP contribution in [0.5, 0.6) is 0 Å². The van der Waals surface area contributed by atoms with Gasteiger partial charge in [0.1, 0.15) is 0 Å². The Morgan fingerprint density at radius 1 is 1.41 bits per heavy atom. The lowest BCUT2D eigenvalue weighted by Crippen LogP contribution is -2.25. The second kappa shape index (κ2) is 4.13. The normalized spacial score (nSPS) is 17.4. The molecule has 0 bridgehead atoms. The van der Waals surface area contributed by atoms with E-state index in [-0.39, 0.29) is 0 Å². The van der Waals surface area contributed by atoms with Crippen LogP contribution in [0.3, 0.4) is 0 Å². The second-order valence-corrected chi connectivity index (χ2v) is 4.66. The van der Waals surface area contributed by atoms with Crippen molar-refractivity contribution < 1.29 is 0 Å². The van der Waals surface area contributed by atoms with Gasteiger partial charge in [-0.15, -0.1) is 0 Å². The largest absolute Gasteiger partial charge is 0.302 e. The fourth-order valence-corrected chi connectivity index (χ4v) is 2.32. The average molecular weight is 249 g/mol. The lowest BCUT2D eigenvalue weighted by molar-refractivity contribution is 0.366. The van der Waals surface area contributed by atoms with Crippen molar-refractivity contribution in [1.29, 1.82) is 0 Å². The SMILES string of the molecule is CN1CC=C(n2nc(Cl)c3cnccc32)CC1. The van der Waals surface area contributed by atoms with E-state index in [0.717, 1.165) is 30.4 Å². The molecule has 2 aromatic rings. The summed E-state index contributed by atoms with van der Waals surface area (Å²) >= 11 is 6.12. The lowest BCUT2D eigenvalue weighted by Gasteiger charge is -2.22. The molecule has 0 spiro atoms. The highest BCUT2D eigenvalue weighted by Gasteiger charge is 2.14. The highest BCUT2D eigenvalue weighted by molar-refractivity contribution is 6.34. The van der Waals surface area contributed by atoms with Crippen LogP contribution in [0.4, 0.5) is 0 Å². The van der Waals surface area contributed by atoms with Gasteiger partial charge in [-0.05, 0) is 19.2 Å². The summed E-state index contributed by atoms with van der Waals surface area (Å²) < 4.78 is 1.94. The van der Waals surface area contributed by atoms with Gasteiger partial charge in [0, 0.05) is 37.6 Å². The Kier molecular flexibility index (Phi) is 2.61. The summed E-state index contributed by atoms with van der Waals surface area (Å²) in [5.74, 6) is 0. The molecule has 0 saturated heterocycles. The standard InChI is InChI=1S/C12H13ClN4/c1-16-6-3-9(4-7-16)17-11-2-5-14-8-10(11)12(13)15-17/h2-3,5,8H,4,6-7H2,1H3. The minimum absolute atomic E-state index is 0.521. The summed E-state index contributed by atoms with van der Waals surface area (Å²) in [4.78, 5) is 6.35. The minimum Gasteiger partial charge on any atom is -0.302 e. The molecule has 0 fully saturated rings. The van der Waals surface area contributed by atoms with Crippen LogP contribution in [-0.2, 0) is 0 Å². The van der Waals surface area contributed by atoms with Gasteiger partial charge in [-0.3, -0.25) is 4.98 Å². The number of hydrogen-bond donors (Lipinski definition) is 0. The number of aromatic nitrogens is 3. The maximum atomic E-state index is 6.12. The molecular formula is C12H13ClN4. The molecule has 4 nitrogen and oxygen atoms in total. The average Bonchev–Trinajstić information content (AvgIpc) is 2.69. The molecule has 0 radical (unpaired) electrons. The van der Waals surface area contributed by atoms with E-state index < -0.39 is 0 Å². The summed E-state index contributed by atoms with van der Waals surface area (Å²) in [5.41, 5.74) is 2.24. The summed E-state index contributed by atoms with van der Waals surface area (Å²) in [6.45, 7) is 2.01. The van der Waals surface area contributed by atoms with Gasteiger partial charge in [-0.25, -0.2) is 4.68 Å². The Morgan fingerprint density at radius 3 is 3.06 bits per heavy atom. The third-order valence-electron chi connectivity index (χ3n) is 3.10. The van der Waals surface area contributed by atoms with Gasteiger partial charge in [0.2, 0.25) is 0 Å². The van der Waals surface area contributed by atoms with Gasteiger partial charge >= 0.3 is 0 Å². The molecule has 0 N–H and O–H groups in total. The molecule has 88 valence electrons. The zero-order chi connectivity index (χ0) is 11.8. The predicted molar refractivity (Wildman–Crippen MR) is 68.9 cm³/mol. The van der Waals surface area contributed by atoms with Crippen molar-refractivity contribution >= 4 is 28.2 Å². The Balaban J connectivity index is 2.12. The summed E-state index contributed by atoms with van der Waals surface area (Å²) in [6.07, 6.45) is 6.72. The Labute approximate surface area is 104 Å². The molecule has 0 aromatic carbocycles. The molecule has 17 heavy (non-hydrogen) atoms. The minimum atomic E-state index is 0.521. The zero-order valence-corrected chi connectivity index (χ0v) is 10.4. The first-order valence-corrected chi connectivity index (χ1v) is 5.99. The third-order valence-corrected chi connectivity index (χ3v) is 3.38. The van der Waals surface area contributed by atoms with Crippen LogP contribution in [0.1, 0.15) is 6.42 Å². The fourth-order valence-electron chi connectivity index (χ4n) is 2.10. The van der Waals surface area contributed by atoms with Crippen molar-refractivity contribution in [2.24, 2.45) is 0 Å². The number of halogens is 1. The number of fused-ring (bicyclic) bond motifs is 1.